The van der Waals surface area contributed by atoms with Crippen molar-refractivity contribution in [1.29, 1.82) is 0 Å². The lowest BCUT2D eigenvalue weighted by Crippen LogP contribution is -2.54. The van der Waals surface area contributed by atoms with Crippen LogP contribution in [0.5, 0.6) is 0 Å². The Bertz CT molecular complexity index is 627. The second-order valence-corrected chi connectivity index (χ2v) is 8.55. The number of carbonyl (C=O) groups is 1. The van der Waals surface area contributed by atoms with E-state index in [1.54, 1.807) is 19.1 Å². The van der Waals surface area contributed by atoms with Crippen molar-refractivity contribution in [2.75, 3.05) is 0 Å². The predicted octanol–water partition coefficient (Wildman–Crippen LogP) is 3.18. The maximum absolute atomic E-state index is 12.7. The number of hydrogen-bond donors (Lipinski definition) is 2. The molecule has 0 unspecified atom stereocenters. The van der Waals surface area contributed by atoms with E-state index in [9.17, 15) is 15.0 Å². The lowest BCUT2D eigenvalue weighted by Gasteiger charge is -2.57. The Balaban J connectivity index is 2.14. The highest BCUT2D eigenvalue weighted by Crippen LogP contribution is 2.61. The largest absolute Gasteiger partial charge is 0.393 e. The Kier molecular flexibility index (Phi) is 3.55. The monoisotopic (exact) mass is 316 g/mol. The van der Waals surface area contributed by atoms with Gasteiger partial charge in [0.15, 0.2) is 5.78 Å². The highest BCUT2D eigenvalue weighted by atomic mass is 16.3. The quantitative estimate of drug-likeness (QED) is 0.731. The first-order chi connectivity index (χ1) is 10.6. The Morgan fingerprint density at radius 1 is 1.26 bits per heavy atom. The first-order valence-electron chi connectivity index (χ1n) is 8.56. The molecule has 1 saturated carbocycles. The zero-order valence-electron chi connectivity index (χ0n) is 14.6. The molecule has 0 aromatic heterocycles. The number of hydrogen-bond acceptors (Lipinski definition) is 3. The molecule has 0 saturated heterocycles. The Morgan fingerprint density at radius 3 is 2.52 bits per heavy atom. The summed E-state index contributed by atoms with van der Waals surface area (Å²) in [4.78, 5) is 12.7. The van der Waals surface area contributed by atoms with Gasteiger partial charge in [-0.1, -0.05) is 32.9 Å². The van der Waals surface area contributed by atoms with Crippen LogP contribution in [0.3, 0.4) is 0 Å². The zero-order valence-corrected chi connectivity index (χ0v) is 14.6. The minimum absolute atomic E-state index is 0.0713. The lowest BCUT2D eigenvalue weighted by molar-refractivity contribution is -0.126. The van der Waals surface area contributed by atoms with E-state index in [-0.39, 0.29) is 28.6 Å². The third-order valence-corrected chi connectivity index (χ3v) is 7.06. The molecular weight excluding hydrogens is 288 g/mol. The molecule has 0 spiro atoms. The second kappa shape index (κ2) is 4.90. The van der Waals surface area contributed by atoms with E-state index in [0.29, 0.717) is 0 Å². The van der Waals surface area contributed by atoms with Crippen LogP contribution in [-0.4, -0.2) is 28.2 Å². The van der Waals surface area contributed by atoms with Crippen LogP contribution in [0.4, 0.5) is 0 Å². The summed E-state index contributed by atoms with van der Waals surface area (Å²) in [6.07, 6.45) is 6.63. The number of carbonyl (C=O) groups excluding carboxylic acids is 1. The molecule has 0 amide bonds. The number of fused-ring (bicyclic) bond motifs is 3. The third kappa shape index (κ3) is 1.99. The van der Waals surface area contributed by atoms with E-state index in [4.69, 9.17) is 0 Å². The van der Waals surface area contributed by atoms with Crippen molar-refractivity contribution in [3.8, 4) is 0 Å². The standard InChI is InChI=1S/C20H28O3/c1-6-19(4)16(22)11-13-12(17(19)23)7-8-14-18(2,3)15(21)9-10-20(13,14)5/h6-7,11,14-15,17,21,23H,1,8-10H2,2-5H3/t14-,15-,17+,19+,20+/m1/s1. The van der Waals surface area contributed by atoms with Crippen molar-refractivity contribution in [3.63, 3.8) is 0 Å². The summed E-state index contributed by atoms with van der Waals surface area (Å²) in [5.74, 6) is 0.194. The Morgan fingerprint density at radius 2 is 1.91 bits per heavy atom. The van der Waals surface area contributed by atoms with E-state index in [1.807, 2.05) is 0 Å². The normalized spacial score (nSPS) is 45.5. The number of aliphatic hydroxyl groups is 2. The fourth-order valence-corrected chi connectivity index (χ4v) is 5.07. The van der Waals surface area contributed by atoms with Gasteiger partial charge in [-0.3, -0.25) is 4.79 Å². The molecule has 0 aromatic carbocycles. The van der Waals surface area contributed by atoms with Crippen LogP contribution in [0.1, 0.15) is 47.0 Å². The molecule has 3 aliphatic carbocycles. The average Bonchev–Trinajstić information content (AvgIpc) is 2.50. The average molecular weight is 316 g/mol. The summed E-state index contributed by atoms with van der Waals surface area (Å²) >= 11 is 0. The molecule has 0 aromatic rings. The molecule has 5 atom stereocenters. The van der Waals surface area contributed by atoms with Crippen molar-refractivity contribution in [2.45, 2.75) is 59.2 Å². The summed E-state index contributed by atoms with van der Waals surface area (Å²) in [5, 5.41) is 21.3. The summed E-state index contributed by atoms with van der Waals surface area (Å²) in [6, 6.07) is 0. The smallest absolute Gasteiger partial charge is 0.168 e. The van der Waals surface area contributed by atoms with Crippen LogP contribution in [0, 0.1) is 22.2 Å². The molecule has 0 aliphatic heterocycles. The fraction of sp³-hybridized carbons (Fsp3) is 0.650. The lowest BCUT2D eigenvalue weighted by atomic mass is 9.47. The summed E-state index contributed by atoms with van der Waals surface area (Å²) in [6.45, 7) is 11.9. The molecule has 0 bridgehead atoms. The van der Waals surface area contributed by atoms with Gasteiger partial charge in [0.25, 0.3) is 0 Å². The van der Waals surface area contributed by atoms with E-state index in [0.717, 1.165) is 30.4 Å². The Labute approximate surface area is 138 Å². The second-order valence-electron chi connectivity index (χ2n) is 8.55. The predicted molar refractivity (Wildman–Crippen MR) is 90.7 cm³/mol. The van der Waals surface area contributed by atoms with E-state index in [1.165, 1.54) is 0 Å². The van der Waals surface area contributed by atoms with Crippen LogP contribution in [0.25, 0.3) is 0 Å². The van der Waals surface area contributed by atoms with Crippen LogP contribution in [0.2, 0.25) is 0 Å². The van der Waals surface area contributed by atoms with Gasteiger partial charge >= 0.3 is 0 Å². The van der Waals surface area contributed by atoms with Gasteiger partial charge in [0.2, 0.25) is 0 Å². The maximum Gasteiger partial charge on any atom is 0.168 e. The van der Waals surface area contributed by atoms with Crippen molar-refractivity contribution in [1.82, 2.24) is 0 Å². The summed E-state index contributed by atoms with van der Waals surface area (Å²) in [7, 11) is 0. The molecule has 23 heavy (non-hydrogen) atoms. The number of rotatable bonds is 1. The van der Waals surface area contributed by atoms with Gasteiger partial charge in [-0.25, -0.2) is 0 Å². The molecule has 1 fully saturated rings. The first kappa shape index (κ1) is 16.7. The molecule has 2 N–H and O–H groups in total. The SMILES string of the molecule is C=C[C@@]1(C)C(=O)C=C2C(=CC[C@@H]3C(C)(C)[C@H](O)CC[C@@]23C)[C@@H]1O. The number of allylic oxidation sites excluding steroid dienone is 2. The van der Waals surface area contributed by atoms with Crippen LogP contribution in [-0.2, 0) is 4.79 Å². The van der Waals surface area contributed by atoms with Gasteiger partial charge in [-0.05, 0) is 60.2 Å². The maximum atomic E-state index is 12.7. The molecule has 3 heteroatoms. The van der Waals surface area contributed by atoms with Gasteiger partial charge in [0, 0.05) is 0 Å². The molecule has 3 aliphatic rings. The molecular formula is C20H28O3. The van der Waals surface area contributed by atoms with Crippen LogP contribution < -0.4 is 0 Å². The minimum atomic E-state index is -0.942. The highest BCUT2D eigenvalue weighted by molar-refractivity contribution is 6.00. The van der Waals surface area contributed by atoms with Gasteiger partial charge < -0.3 is 10.2 Å². The van der Waals surface area contributed by atoms with Crippen molar-refractivity contribution < 1.29 is 15.0 Å². The van der Waals surface area contributed by atoms with Gasteiger partial charge in [-0.2, -0.15) is 0 Å². The topological polar surface area (TPSA) is 57.5 Å². The summed E-state index contributed by atoms with van der Waals surface area (Å²) < 4.78 is 0. The highest BCUT2D eigenvalue weighted by Gasteiger charge is 2.57. The van der Waals surface area contributed by atoms with Gasteiger partial charge in [-0.15, -0.1) is 6.58 Å². The molecule has 3 rings (SSSR count). The van der Waals surface area contributed by atoms with Crippen LogP contribution in [0.15, 0.2) is 36.0 Å². The Hall–Kier alpha value is -1.19. The number of ketones is 1. The van der Waals surface area contributed by atoms with Gasteiger partial charge in [0.1, 0.15) is 0 Å². The zero-order chi connectivity index (χ0) is 17.2. The van der Waals surface area contributed by atoms with Crippen LogP contribution >= 0.6 is 0 Å². The molecule has 0 radical (unpaired) electrons. The first-order valence-corrected chi connectivity index (χ1v) is 8.56. The molecule has 0 heterocycles. The van der Waals surface area contributed by atoms with Crippen molar-refractivity contribution in [2.24, 2.45) is 22.2 Å². The van der Waals surface area contributed by atoms with E-state index < -0.39 is 11.5 Å². The van der Waals surface area contributed by atoms with Crippen molar-refractivity contribution >= 4 is 5.78 Å². The fourth-order valence-electron chi connectivity index (χ4n) is 5.07. The number of aliphatic hydroxyl groups excluding tert-OH is 2. The molecule has 126 valence electrons. The summed E-state index contributed by atoms with van der Waals surface area (Å²) in [5.41, 5.74) is 0.542. The third-order valence-electron chi connectivity index (χ3n) is 7.06. The molecule has 3 nitrogen and oxygen atoms in total. The van der Waals surface area contributed by atoms with E-state index in [2.05, 4.69) is 33.4 Å². The minimum Gasteiger partial charge on any atom is -0.393 e. The van der Waals surface area contributed by atoms with E-state index >= 15 is 0 Å². The van der Waals surface area contributed by atoms with Crippen molar-refractivity contribution in [3.05, 3.63) is 36.0 Å². The van der Waals surface area contributed by atoms with Gasteiger partial charge in [0.05, 0.1) is 17.6 Å².